The molecule has 0 spiro atoms. The SMILES string of the molecule is COCCCN1C(=O)/C(=C\c2ccc(Cn3nc(C)c([N+](=O)[O-])c3C)o2)NC1=S. The molecule has 0 atom stereocenters. The Bertz CT molecular complexity index is 993. The Labute approximate surface area is 172 Å². The summed E-state index contributed by atoms with van der Waals surface area (Å²) in [7, 11) is 1.60. The summed E-state index contributed by atoms with van der Waals surface area (Å²) < 4.78 is 12.3. The quantitative estimate of drug-likeness (QED) is 0.227. The Morgan fingerprint density at radius 2 is 2.17 bits per heavy atom. The molecule has 2 aromatic heterocycles. The molecule has 2 aromatic rings. The first-order valence-electron chi connectivity index (χ1n) is 8.92. The van der Waals surface area contributed by atoms with E-state index in [-0.39, 0.29) is 18.1 Å². The molecular formula is C18H21N5O5S. The molecule has 3 rings (SSSR count). The highest BCUT2D eigenvalue weighted by Crippen LogP contribution is 2.23. The number of aryl methyl sites for hydroxylation is 1. The number of amides is 1. The lowest BCUT2D eigenvalue weighted by Crippen LogP contribution is -2.32. The van der Waals surface area contributed by atoms with E-state index in [1.54, 1.807) is 39.2 Å². The van der Waals surface area contributed by atoms with Gasteiger partial charge in [-0.25, -0.2) is 0 Å². The van der Waals surface area contributed by atoms with Crippen molar-refractivity contribution < 1.29 is 18.9 Å². The number of nitrogens with one attached hydrogen (secondary N) is 1. The summed E-state index contributed by atoms with van der Waals surface area (Å²) in [4.78, 5) is 24.7. The molecule has 0 radical (unpaired) electrons. The van der Waals surface area contributed by atoms with Gasteiger partial charge >= 0.3 is 5.69 Å². The number of ether oxygens (including phenoxy) is 1. The lowest BCUT2D eigenvalue weighted by Gasteiger charge is -2.12. The Hall–Kier alpha value is -3.05. The van der Waals surface area contributed by atoms with Crippen molar-refractivity contribution >= 4 is 35.0 Å². The molecule has 0 unspecified atom stereocenters. The highest BCUT2D eigenvalue weighted by atomic mass is 32.1. The zero-order chi connectivity index (χ0) is 21.1. The number of nitro groups is 1. The van der Waals surface area contributed by atoms with Gasteiger partial charge in [-0.05, 0) is 44.6 Å². The molecule has 1 aliphatic heterocycles. The number of hydrogen-bond acceptors (Lipinski definition) is 7. The fourth-order valence-corrected chi connectivity index (χ4v) is 3.38. The molecule has 1 N–H and O–H groups in total. The molecule has 1 aliphatic rings. The molecule has 29 heavy (non-hydrogen) atoms. The highest BCUT2D eigenvalue weighted by Gasteiger charge is 2.30. The Morgan fingerprint density at radius 1 is 1.41 bits per heavy atom. The van der Waals surface area contributed by atoms with E-state index >= 15 is 0 Å². The number of methoxy groups -OCH3 is 1. The van der Waals surface area contributed by atoms with E-state index in [1.165, 1.54) is 9.58 Å². The first-order valence-corrected chi connectivity index (χ1v) is 9.33. The van der Waals surface area contributed by atoms with Crippen molar-refractivity contribution in [2.45, 2.75) is 26.8 Å². The van der Waals surface area contributed by atoms with Crippen molar-refractivity contribution in [3.8, 4) is 0 Å². The zero-order valence-corrected chi connectivity index (χ0v) is 17.1. The van der Waals surface area contributed by atoms with Gasteiger partial charge in [0.1, 0.15) is 28.6 Å². The van der Waals surface area contributed by atoms with E-state index in [0.717, 1.165) is 0 Å². The molecular weight excluding hydrogens is 398 g/mol. The van der Waals surface area contributed by atoms with Crippen LogP contribution in [0.15, 0.2) is 22.2 Å². The van der Waals surface area contributed by atoms with Crippen LogP contribution in [-0.2, 0) is 16.1 Å². The van der Waals surface area contributed by atoms with Gasteiger partial charge in [-0.3, -0.25) is 24.5 Å². The first kappa shape index (κ1) is 20.7. The molecule has 0 bridgehead atoms. The third kappa shape index (κ3) is 4.35. The average Bonchev–Trinajstić information content (AvgIpc) is 3.28. The van der Waals surface area contributed by atoms with Crippen molar-refractivity contribution in [1.82, 2.24) is 20.0 Å². The number of furan rings is 1. The molecule has 1 saturated heterocycles. The maximum atomic E-state index is 12.5. The largest absolute Gasteiger partial charge is 0.460 e. The third-order valence-electron chi connectivity index (χ3n) is 4.49. The molecule has 1 amide bonds. The van der Waals surface area contributed by atoms with Crippen LogP contribution in [0, 0.1) is 24.0 Å². The predicted molar refractivity (Wildman–Crippen MR) is 108 cm³/mol. The van der Waals surface area contributed by atoms with Gasteiger partial charge in [0.05, 0.1) is 11.5 Å². The zero-order valence-electron chi connectivity index (χ0n) is 16.3. The van der Waals surface area contributed by atoms with Crippen molar-refractivity contribution in [1.29, 1.82) is 0 Å². The number of nitrogens with zero attached hydrogens (tertiary/aromatic N) is 4. The van der Waals surface area contributed by atoms with Crippen LogP contribution in [0.3, 0.4) is 0 Å². The highest BCUT2D eigenvalue weighted by molar-refractivity contribution is 7.80. The van der Waals surface area contributed by atoms with Crippen LogP contribution in [0.25, 0.3) is 6.08 Å². The molecule has 0 aliphatic carbocycles. The lowest BCUT2D eigenvalue weighted by atomic mass is 10.3. The van der Waals surface area contributed by atoms with Gasteiger partial charge in [-0.2, -0.15) is 5.10 Å². The van der Waals surface area contributed by atoms with Gasteiger partial charge in [0.15, 0.2) is 5.11 Å². The van der Waals surface area contributed by atoms with Crippen LogP contribution in [0.5, 0.6) is 0 Å². The van der Waals surface area contributed by atoms with E-state index in [1.807, 2.05) is 0 Å². The summed E-state index contributed by atoms with van der Waals surface area (Å²) in [5.41, 5.74) is 1.13. The molecule has 11 heteroatoms. The van der Waals surface area contributed by atoms with E-state index < -0.39 is 4.92 Å². The average molecular weight is 419 g/mol. The normalized spacial score (nSPS) is 15.4. The Kier molecular flexibility index (Phi) is 6.09. The summed E-state index contributed by atoms with van der Waals surface area (Å²) in [6.45, 7) is 4.49. The number of carbonyl (C=O) groups is 1. The standard InChI is InChI=1S/C18H21N5O5S/c1-11-16(23(25)26)12(2)22(20-11)10-14-6-5-13(28-14)9-15-17(24)21(18(29)19-15)7-4-8-27-3/h5-6,9H,4,7-8,10H2,1-3H3,(H,19,29)/b15-9+. The second-order valence-electron chi connectivity index (χ2n) is 6.53. The smallest absolute Gasteiger partial charge is 0.312 e. The summed E-state index contributed by atoms with van der Waals surface area (Å²) in [5, 5.41) is 18.6. The summed E-state index contributed by atoms with van der Waals surface area (Å²) in [6, 6.07) is 3.46. The molecule has 10 nitrogen and oxygen atoms in total. The van der Waals surface area contributed by atoms with Crippen molar-refractivity contribution in [3.05, 3.63) is 50.9 Å². The van der Waals surface area contributed by atoms with Crippen LogP contribution < -0.4 is 5.32 Å². The molecule has 0 aromatic carbocycles. The van der Waals surface area contributed by atoms with E-state index in [4.69, 9.17) is 21.4 Å². The minimum Gasteiger partial charge on any atom is -0.460 e. The van der Waals surface area contributed by atoms with Gasteiger partial charge in [-0.15, -0.1) is 0 Å². The fraction of sp³-hybridized carbons (Fsp3) is 0.389. The number of rotatable bonds is 8. The van der Waals surface area contributed by atoms with Crippen LogP contribution in [0.1, 0.15) is 29.3 Å². The van der Waals surface area contributed by atoms with Gasteiger partial charge in [0.25, 0.3) is 5.91 Å². The maximum Gasteiger partial charge on any atom is 0.312 e. The fourth-order valence-electron chi connectivity index (χ4n) is 3.09. The monoisotopic (exact) mass is 419 g/mol. The van der Waals surface area contributed by atoms with Crippen LogP contribution in [0.2, 0.25) is 0 Å². The number of thiocarbonyl (C=S) groups is 1. The second kappa shape index (κ2) is 8.53. The summed E-state index contributed by atoms with van der Waals surface area (Å²) >= 11 is 5.22. The van der Waals surface area contributed by atoms with E-state index in [9.17, 15) is 14.9 Å². The molecule has 0 saturated carbocycles. The minimum atomic E-state index is -0.440. The van der Waals surface area contributed by atoms with Crippen LogP contribution >= 0.6 is 12.2 Å². The third-order valence-corrected chi connectivity index (χ3v) is 4.82. The van der Waals surface area contributed by atoms with Crippen molar-refractivity contribution in [2.24, 2.45) is 0 Å². The Balaban J connectivity index is 1.72. The Morgan fingerprint density at radius 3 is 2.83 bits per heavy atom. The van der Waals surface area contributed by atoms with Gasteiger partial charge < -0.3 is 14.5 Å². The van der Waals surface area contributed by atoms with Gasteiger partial charge in [0.2, 0.25) is 0 Å². The van der Waals surface area contributed by atoms with Crippen LogP contribution in [-0.4, -0.2) is 50.9 Å². The summed E-state index contributed by atoms with van der Waals surface area (Å²) in [6.07, 6.45) is 2.26. The maximum absolute atomic E-state index is 12.5. The first-order chi connectivity index (χ1) is 13.8. The number of aromatic nitrogens is 2. The van der Waals surface area contributed by atoms with Crippen molar-refractivity contribution in [3.63, 3.8) is 0 Å². The van der Waals surface area contributed by atoms with E-state index in [0.29, 0.717) is 53.3 Å². The molecule has 154 valence electrons. The lowest BCUT2D eigenvalue weighted by molar-refractivity contribution is -0.386. The minimum absolute atomic E-state index is 0.00160. The number of hydrogen-bond donors (Lipinski definition) is 1. The van der Waals surface area contributed by atoms with Crippen molar-refractivity contribution in [2.75, 3.05) is 20.3 Å². The molecule has 1 fully saturated rings. The molecule has 3 heterocycles. The predicted octanol–water partition coefficient (Wildman–Crippen LogP) is 2.14. The van der Waals surface area contributed by atoms with Crippen LogP contribution in [0.4, 0.5) is 5.69 Å². The van der Waals surface area contributed by atoms with Gasteiger partial charge in [0, 0.05) is 26.3 Å². The van der Waals surface area contributed by atoms with E-state index in [2.05, 4.69) is 10.4 Å². The second-order valence-corrected chi connectivity index (χ2v) is 6.92. The number of carbonyl (C=O) groups excluding carboxylic acids is 1. The topological polar surface area (TPSA) is 116 Å². The van der Waals surface area contributed by atoms with Gasteiger partial charge in [-0.1, -0.05) is 0 Å². The summed E-state index contributed by atoms with van der Waals surface area (Å²) in [5.74, 6) is 0.800.